The summed E-state index contributed by atoms with van der Waals surface area (Å²) in [5.74, 6) is 1.20. The Kier molecular flexibility index (Phi) is 5.07. The molecule has 2 aliphatic heterocycles. The van der Waals surface area contributed by atoms with Gasteiger partial charge in [0.05, 0.1) is 6.54 Å². The number of halogens is 1. The first kappa shape index (κ1) is 14.6. The van der Waals surface area contributed by atoms with Crippen molar-refractivity contribution in [3.63, 3.8) is 0 Å². The van der Waals surface area contributed by atoms with E-state index in [4.69, 9.17) is 4.99 Å². The Balaban J connectivity index is 0.00000133. The summed E-state index contributed by atoms with van der Waals surface area (Å²) < 4.78 is 0. The third-order valence-electron chi connectivity index (χ3n) is 3.96. The Morgan fingerprint density at radius 2 is 2.00 bits per heavy atom. The topological polar surface area (TPSA) is 18.8 Å². The van der Waals surface area contributed by atoms with E-state index in [1.165, 1.54) is 37.3 Å². The Hall–Kier alpha value is -0.780. The number of guanidine groups is 1. The van der Waals surface area contributed by atoms with E-state index in [1.807, 2.05) is 0 Å². The summed E-state index contributed by atoms with van der Waals surface area (Å²) in [6.45, 7) is 3.12. The predicted octanol–water partition coefficient (Wildman–Crippen LogP) is 2.96. The van der Waals surface area contributed by atoms with Crippen molar-refractivity contribution in [1.29, 1.82) is 0 Å². The van der Waals surface area contributed by atoms with Crippen molar-refractivity contribution in [2.45, 2.75) is 31.8 Å². The summed E-state index contributed by atoms with van der Waals surface area (Å²) >= 11 is 0. The van der Waals surface area contributed by atoms with Crippen LogP contribution in [0.15, 0.2) is 35.3 Å². The Bertz CT molecular complexity index is 432. The molecule has 0 radical (unpaired) electrons. The van der Waals surface area contributed by atoms with Crippen molar-refractivity contribution in [2.75, 3.05) is 20.1 Å². The molecule has 4 heteroatoms. The fourth-order valence-electron chi connectivity index (χ4n) is 3.03. The Labute approximate surface area is 132 Å². The second-order valence-electron chi connectivity index (χ2n) is 5.33. The average Bonchev–Trinajstić information content (AvgIpc) is 2.73. The zero-order valence-electron chi connectivity index (χ0n) is 11.5. The van der Waals surface area contributed by atoms with E-state index >= 15 is 0 Å². The number of nitrogens with zero attached hydrogens (tertiary/aromatic N) is 3. The molecule has 3 rings (SSSR count). The van der Waals surface area contributed by atoms with Gasteiger partial charge < -0.3 is 9.80 Å². The average molecular weight is 371 g/mol. The van der Waals surface area contributed by atoms with Crippen molar-refractivity contribution in [1.82, 2.24) is 9.80 Å². The highest BCUT2D eigenvalue weighted by Gasteiger charge is 2.34. The summed E-state index contributed by atoms with van der Waals surface area (Å²) in [5, 5.41) is 0. The van der Waals surface area contributed by atoms with Crippen LogP contribution >= 0.6 is 24.0 Å². The second-order valence-corrected chi connectivity index (χ2v) is 5.33. The van der Waals surface area contributed by atoms with Crippen molar-refractivity contribution < 1.29 is 0 Å². The maximum atomic E-state index is 4.83. The van der Waals surface area contributed by atoms with Crippen molar-refractivity contribution in [2.24, 2.45) is 4.99 Å². The van der Waals surface area contributed by atoms with E-state index in [-0.39, 0.29) is 24.0 Å². The Morgan fingerprint density at radius 3 is 2.79 bits per heavy atom. The van der Waals surface area contributed by atoms with Gasteiger partial charge in [-0.15, -0.1) is 24.0 Å². The second kappa shape index (κ2) is 6.59. The standard InChI is InChI=1S/C15H21N3.HI/c1-17-12-14-9-5-6-10-18(14)15(17)16-11-13-7-3-2-4-8-13;/h2-4,7-8,14H,5-6,9-12H2,1H3;1H/t14-;/m0./s1. The van der Waals surface area contributed by atoms with Crippen molar-refractivity contribution in [3.8, 4) is 0 Å². The SMILES string of the molecule is CN1C[C@@H]2CCCCN2C1=NCc1ccccc1.I. The van der Waals surface area contributed by atoms with Gasteiger partial charge in [-0.25, -0.2) is 4.99 Å². The van der Waals surface area contributed by atoms with Gasteiger partial charge in [0.15, 0.2) is 5.96 Å². The molecule has 2 fully saturated rings. The molecule has 0 bridgehead atoms. The van der Waals surface area contributed by atoms with Gasteiger partial charge in [-0.2, -0.15) is 0 Å². The fourth-order valence-corrected chi connectivity index (χ4v) is 3.03. The number of benzene rings is 1. The normalized spacial score (nSPS) is 24.3. The molecule has 0 N–H and O–H groups in total. The minimum Gasteiger partial charge on any atom is -0.344 e. The van der Waals surface area contributed by atoms with E-state index < -0.39 is 0 Å². The van der Waals surface area contributed by atoms with Gasteiger partial charge in [-0.05, 0) is 24.8 Å². The number of hydrogen-bond donors (Lipinski definition) is 0. The van der Waals surface area contributed by atoms with Gasteiger partial charge >= 0.3 is 0 Å². The van der Waals surface area contributed by atoms with Crippen LogP contribution in [0.5, 0.6) is 0 Å². The third-order valence-corrected chi connectivity index (χ3v) is 3.96. The van der Waals surface area contributed by atoms with Crippen LogP contribution in [0.4, 0.5) is 0 Å². The molecule has 19 heavy (non-hydrogen) atoms. The van der Waals surface area contributed by atoms with Crippen LogP contribution in [0.3, 0.4) is 0 Å². The molecule has 104 valence electrons. The summed E-state index contributed by atoms with van der Waals surface area (Å²) in [5.41, 5.74) is 1.29. The first-order chi connectivity index (χ1) is 8.84. The number of piperidine rings is 1. The van der Waals surface area contributed by atoms with E-state index in [0.717, 1.165) is 13.1 Å². The zero-order chi connectivity index (χ0) is 12.4. The lowest BCUT2D eigenvalue weighted by Crippen LogP contribution is -2.39. The van der Waals surface area contributed by atoms with Gasteiger partial charge in [-0.3, -0.25) is 0 Å². The number of likely N-dealkylation sites (N-methyl/N-ethyl adjacent to an activating group) is 1. The van der Waals surface area contributed by atoms with E-state index in [0.29, 0.717) is 6.04 Å². The molecular weight excluding hydrogens is 349 g/mol. The highest BCUT2D eigenvalue weighted by Crippen LogP contribution is 2.24. The molecule has 1 aromatic carbocycles. The number of rotatable bonds is 2. The van der Waals surface area contributed by atoms with Crippen molar-refractivity contribution >= 4 is 29.9 Å². The molecule has 0 unspecified atom stereocenters. The first-order valence-electron chi connectivity index (χ1n) is 6.91. The van der Waals surface area contributed by atoms with E-state index in [9.17, 15) is 0 Å². The van der Waals surface area contributed by atoms with Gasteiger partial charge in [0, 0.05) is 26.2 Å². The highest BCUT2D eigenvalue weighted by molar-refractivity contribution is 14.0. The molecule has 2 saturated heterocycles. The van der Waals surface area contributed by atoms with Gasteiger partial charge in [0.2, 0.25) is 0 Å². The van der Waals surface area contributed by atoms with Gasteiger partial charge in [0.25, 0.3) is 0 Å². The minimum atomic E-state index is 0. The zero-order valence-corrected chi connectivity index (χ0v) is 13.8. The number of aliphatic imine (C=N–C) groups is 1. The smallest absolute Gasteiger partial charge is 0.197 e. The van der Waals surface area contributed by atoms with Crippen LogP contribution in [0, 0.1) is 0 Å². The molecule has 0 amide bonds. The highest BCUT2D eigenvalue weighted by atomic mass is 127. The molecule has 2 heterocycles. The van der Waals surface area contributed by atoms with Crippen LogP contribution in [0.25, 0.3) is 0 Å². The molecule has 1 atom stereocenters. The molecule has 0 spiro atoms. The molecule has 0 aliphatic carbocycles. The fraction of sp³-hybridized carbons (Fsp3) is 0.533. The first-order valence-corrected chi connectivity index (χ1v) is 6.91. The lowest BCUT2D eigenvalue weighted by Gasteiger charge is -2.29. The van der Waals surface area contributed by atoms with Crippen LogP contribution < -0.4 is 0 Å². The molecule has 2 aliphatic rings. The van der Waals surface area contributed by atoms with Crippen LogP contribution in [-0.2, 0) is 6.54 Å². The quantitative estimate of drug-likeness (QED) is 0.745. The van der Waals surface area contributed by atoms with Crippen LogP contribution in [-0.4, -0.2) is 41.9 Å². The Morgan fingerprint density at radius 1 is 1.21 bits per heavy atom. The summed E-state index contributed by atoms with van der Waals surface area (Å²) in [6, 6.07) is 11.2. The molecule has 3 nitrogen and oxygen atoms in total. The van der Waals surface area contributed by atoms with Gasteiger partial charge in [-0.1, -0.05) is 30.3 Å². The summed E-state index contributed by atoms with van der Waals surface area (Å²) in [7, 11) is 2.17. The van der Waals surface area contributed by atoms with Crippen LogP contribution in [0.1, 0.15) is 24.8 Å². The van der Waals surface area contributed by atoms with E-state index in [1.54, 1.807) is 0 Å². The predicted molar refractivity (Wildman–Crippen MR) is 90.0 cm³/mol. The summed E-state index contributed by atoms with van der Waals surface area (Å²) in [4.78, 5) is 9.65. The van der Waals surface area contributed by atoms with Crippen molar-refractivity contribution in [3.05, 3.63) is 35.9 Å². The number of fused-ring (bicyclic) bond motifs is 1. The lowest BCUT2D eigenvalue weighted by atomic mass is 10.0. The maximum Gasteiger partial charge on any atom is 0.197 e. The largest absolute Gasteiger partial charge is 0.344 e. The molecule has 0 saturated carbocycles. The third kappa shape index (κ3) is 3.22. The molecular formula is C15H22IN3. The number of hydrogen-bond acceptors (Lipinski definition) is 1. The molecule has 1 aromatic rings. The van der Waals surface area contributed by atoms with Crippen LogP contribution in [0.2, 0.25) is 0 Å². The van der Waals surface area contributed by atoms with E-state index in [2.05, 4.69) is 47.2 Å². The molecule has 0 aromatic heterocycles. The summed E-state index contributed by atoms with van der Waals surface area (Å²) in [6.07, 6.45) is 4.02. The van der Waals surface area contributed by atoms with Gasteiger partial charge in [0.1, 0.15) is 0 Å². The lowest BCUT2D eigenvalue weighted by molar-refractivity contribution is 0.270. The minimum absolute atomic E-state index is 0. The monoisotopic (exact) mass is 371 g/mol. The maximum absolute atomic E-state index is 4.83.